The third kappa shape index (κ3) is 5.52. The number of carbonyl (C=O) groups excluding carboxylic acids is 1. The third-order valence-corrected chi connectivity index (χ3v) is 9.54. The summed E-state index contributed by atoms with van der Waals surface area (Å²) in [6.45, 7) is 0. The Morgan fingerprint density at radius 1 is 1.05 bits per heavy atom. The number of carbonyl (C=O) groups is 2. The maximum Gasteiger partial charge on any atom is 0.328 e. The highest BCUT2D eigenvalue weighted by molar-refractivity contribution is 7.92. The second kappa shape index (κ2) is 10.6. The van der Waals surface area contributed by atoms with Crippen LogP contribution < -0.4 is 0 Å². The molecule has 0 radical (unpaired) electrons. The van der Waals surface area contributed by atoms with E-state index in [9.17, 15) is 26.8 Å². The Hall–Kier alpha value is -3.30. The fourth-order valence-corrected chi connectivity index (χ4v) is 7.12. The molecular weight excluding hydrogens is 526 g/mol. The lowest BCUT2D eigenvalue weighted by atomic mass is 9.76. The van der Waals surface area contributed by atoms with Gasteiger partial charge in [0.05, 0.1) is 4.90 Å². The Kier molecular flexibility index (Phi) is 7.66. The highest BCUT2D eigenvalue weighted by Gasteiger charge is 2.50. The van der Waals surface area contributed by atoms with Crippen molar-refractivity contribution in [3.8, 4) is 0 Å². The fourth-order valence-electron chi connectivity index (χ4n) is 4.83. The van der Waals surface area contributed by atoms with Crippen LogP contribution in [0.5, 0.6) is 0 Å². The quantitative estimate of drug-likeness (QED) is 0.257. The van der Waals surface area contributed by atoms with Crippen LogP contribution in [0, 0.1) is 17.6 Å². The van der Waals surface area contributed by atoms with Crippen molar-refractivity contribution in [1.29, 1.82) is 0 Å². The van der Waals surface area contributed by atoms with Crippen LogP contribution in [0.3, 0.4) is 0 Å². The predicted molar refractivity (Wildman–Crippen MR) is 133 cm³/mol. The molecule has 4 rings (SSSR count). The summed E-state index contributed by atoms with van der Waals surface area (Å²) in [5.41, 5.74) is -0.229. The van der Waals surface area contributed by atoms with Crippen LogP contribution in [-0.2, 0) is 19.4 Å². The van der Waals surface area contributed by atoms with Crippen molar-refractivity contribution >= 4 is 39.3 Å². The minimum absolute atomic E-state index is 0.0129. The Morgan fingerprint density at radius 2 is 1.73 bits per heavy atom. The predicted octanol–water partition coefficient (Wildman–Crippen LogP) is 6.44. The van der Waals surface area contributed by atoms with Gasteiger partial charge in [0.15, 0.2) is 21.4 Å². The highest BCUT2D eigenvalue weighted by atomic mass is 35.5. The highest BCUT2D eigenvalue weighted by Crippen LogP contribution is 2.50. The molecule has 1 saturated carbocycles. The Balaban J connectivity index is 1.59. The van der Waals surface area contributed by atoms with Gasteiger partial charge < -0.3 is 9.52 Å². The second-order valence-corrected chi connectivity index (χ2v) is 11.7. The monoisotopic (exact) mass is 548 g/mol. The zero-order valence-corrected chi connectivity index (χ0v) is 21.1. The Labute approximate surface area is 217 Å². The van der Waals surface area contributed by atoms with Crippen LogP contribution in [0.25, 0.3) is 6.08 Å². The Morgan fingerprint density at radius 3 is 2.38 bits per heavy atom. The van der Waals surface area contributed by atoms with Crippen molar-refractivity contribution in [3.05, 3.63) is 94.4 Å². The van der Waals surface area contributed by atoms with Crippen LogP contribution in [0.2, 0.25) is 5.02 Å². The summed E-state index contributed by atoms with van der Waals surface area (Å²) in [5.74, 6) is -2.96. The van der Waals surface area contributed by atoms with Crippen molar-refractivity contribution in [1.82, 2.24) is 0 Å². The summed E-state index contributed by atoms with van der Waals surface area (Å²) < 4.78 is 60.6. The average molecular weight is 549 g/mol. The van der Waals surface area contributed by atoms with Crippen LogP contribution in [0.1, 0.15) is 54.0 Å². The van der Waals surface area contributed by atoms with E-state index in [2.05, 4.69) is 0 Å². The van der Waals surface area contributed by atoms with Crippen LogP contribution in [0.15, 0.2) is 70.0 Å². The van der Waals surface area contributed by atoms with Gasteiger partial charge in [-0.25, -0.2) is 22.0 Å². The van der Waals surface area contributed by atoms with E-state index in [1.54, 1.807) is 0 Å². The molecule has 1 aromatic heterocycles. The van der Waals surface area contributed by atoms with Crippen LogP contribution in [0.4, 0.5) is 8.78 Å². The lowest BCUT2D eigenvalue weighted by molar-refractivity contribution is -0.131. The molecule has 37 heavy (non-hydrogen) atoms. The van der Waals surface area contributed by atoms with Gasteiger partial charge in [-0.1, -0.05) is 11.6 Å². The number of halogens is 3. The lowest BCUT2D eigenvalue weighted by Gasteiger charge is -2.40. The van der Waals surface area contributed by atoms with Crippen molar-refractivity contribution in [2.75, 3.05) is 0 Å². The first-order chi connectivity index (χ1) is 17.5. The molecule has 0 atom stereocenters. The molecule has 1 N–H and O–H groups in total. The van der Waals surface area contributed by atoms with Crippen molar-refractivity contribution < 1.29 is 36.3 Å². The van der Waals surface area contributed by atoms with E-state index >= 15 is 0 Å². The molecular formula is C27H23ClF2O6S. The Bertz CT molecular complexity index is 1450. The van der Waals surface area contributed by atoms with Crippen molar-refractivity contribution in [2.24, 2.45) is 5.92 Å². The van der Waals surface area contributed by atoms with Gasteiger partial charge in [0.1, 0.15) is 22.1 Å². The molecule has 1 heterocycles. The topological polar surface area (TPSA) is 102 Å². The van der Waals surface area contributed by atoms with E-state index < -0.39 is 32.2 Å². The summed E-state index contributed by atoms with van der Waals surface area (Å²) in [4.78, 5) is 23.4. The van der Waals surface area contributed by atoms with E-state index in [0.29, 0.717) is 5.02 Å². The van der Waals surface area contributed by atoms with Crippen molar-refractivity contribution in [2.45, 2.75) is 41.7 Å². The first-order valence-corrected chi connectivity index (χ1v) is 13.4. The minimum Gasteiger partial charge on any atom is -0.478 e. The van der Waals surface area contributed by atoms with Gasteiger partial charge in [0.2, 0.25) is 0 Å². The summed E-state index contributed by atoms with van der Waals surface area (Å²) in [6.07, 6.45) is 2.71. The summed E-state index contributed by atoms with van der Waals surface area (Å²) >= 11 is 5.92. The first kappa shape index (κ1) is 26.8. The normalized spacial score (nSPS) is 20.2. The molecule has 10 heteroatoms. The molecule has 2 aromatic carbocycles. The smallest absolute Gasteiger partial charge is 0.328 e. The summed E-state index contributed by atoms with van der Waals surface area (Å²) in [7, 11) is -4.17. The zero-order valence-electron chi connectivity index (χ0n) is 19.5. The maximum atomic E-state index is 15.0. The molecule has 6 nitrogen and oxygen atoms in total. The number of carboxylic acid groups (broad SMARTS) is 1. The summed E-state index contributed by atoms with van der Waals surface area (Å²) in [6, 6.07) is 11.3. The standard InChI is InChI=1S/C27H23ClF2O6S/c28-18-1-6-21(7-2-18)37(34,35)27(22-16-19(29)3-8-23(22)30)13-11-17(12-14-27)15-24(31)25-9-4-20(36-25)5-10-26(32)33/h1-10,16-17H,11-15H2,(H,32,33)/b10-5+. The number of hydrogen-bond acceptors (Lipinski definition) is 5. The van der Waals surface area contributed by atoms with Gasteiger partial charge in [0, 0.05) is 23.1 Å². The zero-order chi connectivity index (χ0) is 26.8. The van der Waals surface area contributed by atoms with E-state index in [0.717, 1.165) is 24.3 Å². The van der Waals surface area contributed by atoms with E-state index in [1.807, 2.05) is 0 Å². The molecule has 194 valence electrons. The van der Waals surface area contributed by atoms with Crippen LogP contribution in [-0.4, -0.2) is 25.3 Å². The molecule has 3 aromatic rings. The summed E-state index contributed by atoms with van der Waals surface area (Å²) in [5, 5.41) is 9.06. The number of Topliss-reactive ketones (excluding diaryl/α,β-unsaturated/α-hetero) is 1. The molecule has 1 aliphatic rings. The number of hydrogen-bond donors (Lipinski definition) is 1. The third-order valence-electron chi connectivity index (χ3n) is 6.74. The lowest BCUT2D eigenvalue weighted by Crippen LogP contribution is -2.41. The number of sulfone groups is 1. The molecule has 1 aliphatic carbocycles. The molecule has 0 spiro atoms. The maximum absolute atomic E-state index is 15.0. The van der Waals surface area contributed by atoms with Gasteiger partial charge >= 0.3 is 5.97 Å². The molecule has 1 fully saturated rings. The van der Waals surface area contributed by atoms with Crippen molar-refractivity contribution in [3.63, 3.8) is 0 Å². The fraction of sp³-hybridized carbons (Fsp3) is 0.259. The van der Waals surface area contributed by atoms with Gasteiger partial charge in [0.25, 0.3) is 0 Å². The number of ketones is 1. The number of furan rings is 1. The molecule has 0 unspecified atom stereocenters. The number of rotatable bonds is 8. The van der Waals surface area contributed by atoms with E-state index in [-0.39, 0.29) is 65.8 Å². The average Bonchev–Trinajstić information content (AvgIpc) is 3.34. The van der Waals surface area contributed by atoms with Gasteiger partial charge in [-0.2, -0.15) is 0 Å². The first-order valence-electron chi connectivity index (χ1n) is 11.5. The van der Waals surface area contributed by atoms with Gasteiger partial charge in [-0.05, 0) is 92.3 Å². The molecule has 0 aliphatic heterocycles. The molecule has 0 saturated heterocycles. The van der Waals surface area contributed by atoms with E-state index in [1.165, 1.54) is 42.5 Å². The number of aliphatic carboxylic acids is 1. The number of carboxylic acids is 1. The van der Waals surface area contributed by atoms with E-state index in [4.69, 9.17) is 21.1 Å². The molecule has 0 bridgehead atoms. The van der Waals surface area contributed by atoms with Crippen LogP contribution >= 0.6 is 11.6 Å². The van der Waals surface area contributed by atoms with Gasteiger partial charge in [-0.3, -0.25) is 4.79 Å². The SMILES string of the molecule is O=C(O)/C=C/c1ccc(C(=O)CC2CCC(c3cc(F)ccc3F)(S(=O)(=O)c3ccc(Cl)cc3)CC2)o1. The second-order valence-electron chi connectivity index (χ2n) is 9.02. The number of benzene rings is 2. The largest absolute Gasteiger partial charge is 0.478 e. The molecule has 0 amide bonds. The minimum atomic E-state index is -4.17. The van der Waals surface area contributed by atoms with Gasteiger partial charge in [-0.15, -0.1) is 0 Å².